The van der Waals surface area contributed by atoms with Crippen LogP contribution in [0.3, 0.4) is 0 Å². The number of nitrogens with two attached hydrogens (primary N) is 1. The van der Waals surface area contributed by atoms with E-state index in [9.17, 15) is 13.6 Å². The van der Waals surface area contributed by atoms with Crippen LogP contribution in [0.4, 0.5) is 8.78 Å². The molecule has 3 nitrogen and oxygen atoms in total. The minimum Gasteiger partial charge on any atom is -0.364 e. The average Bonchev–Trinajstić information content (AvgIpc) is 2.79. The van der Waals surface area contributed by atoms with E-state index in [1.54, 1.807) is 19.1 Å². The first-order chi connectivity index (χ1) is 10.4. The van der Waals surface area contributed by atoms with Crippen LogP contribution in [0.15, 0.2) is 30.3 Å². The number of rotatable bonds is 2. The van der Waals surface area contributed by atoms with Crippen LogP contribution in [-0.4, -0.2) is 10.9 Å². The molecule has 0 bridgehead atoms. The third-order valence-electron chi connectivity index (χ3n) is 3.61. The quantitative estimate of drug-likeness (QED) is 0.731. The number of halogens is 3. The van der Waals surface area contributed by atoms with Gasteiger partial charge in [-0.15, -0.1) is 0 Å². The SMILES string of the molecule is Cc1c(C(N)=O)[nH]c2c(-c3ccc(F)c(F)c3)cc(Cl)cc12. The summed E-state index contributed by atoms with van der Waals surface area (Å²) < 4.78 is 26.6. The molecule has 0 aliphatic heterocycles. The van der Waals surface area contributed by atoms with Gasteiger partial charge in [-0.05, 0) is 42.3 Å². The number of primary amides is 1. The molecule has 1 aromatic heterocycles. The Labute approximate surface area is 129 Å². The molecule has 112 valence electrons. The molecule has 0 aliphatic rings. The van der Waals surface area contributed by atoms with Crippen LogP contribution in [0.1, 0.15) is 16.1 Å². The van der Waals surface area contributed by atoms with E-state index in [-0.39, 0.29) is 5.69 Å². The molecule has 0 atom stereocenters. The van der Waals surface area contributed by atoms with Crippen molar-refractivity contribution < 1.29 is 13.6 Å². The van der Waals surface area contributed by atoms with Crippen LogP contribution >= 0.6 is 11.6 Å². The van der Waals surface area contributed by atoms with E-state index in [4.69, 9.17) is 17.3 Å². The van der Waals surface area contributed by atoms with E-state index in [2.05, 4.69) is 4.98 Å². The third-order valence-corrected chi connectivity index (χ3v) is 3.83. The maximum absolute atomic E-state index is 13.5. The second-order valence-electron chi connectivity index (χ2n) is 4.99. The van der Waals surface area contributed by atoms with Gasteiger partial charge in [-0.25, -0.2) is 8.78 Å². The van der Waals surface area contributed by atoms with Crippen LogP contribution in [0.2, 0.25) is 5.02 Å². The lowest BCUT2D eigenvalue weighted by Gasteiger charge is -2.06. The first kappa shape index (κ1) is 14.5. The standard InChI is InChI=1S/C16H11ClF2N2O/c1-7-10-5-9(17)6-11(15(10)21-14(7)16(20)22)8-2-3-12(18)13(19)4-8/h2-6,21H,1H3,(H2,20,22). The first-order valence-electron chi connectivity index (χ1n) is 6.45. The van der Waals surface area contributed by atoms with Gasteiger partial charge in [-0.2, -0.15) is 0 Å². The molecule has 0 fully saturated rings. The van der Waals surface area contributed by atoms with Crippen molar-refractivity contribution in [3.05, 3.63) is 58.2 Å². The van der Waals surface area contributed by atoms with Crippen molar-refractivity contribution in [2.45, 2.75) is 6.92 Å². The molecule has 2 aromatic carbocycles. The Morgan fingerprint density at radius 1 is 1.18 bits per heavy atom. The molecular formula is C16H11ClF2N2O. The summed E-state index contributed by atoms with van der Waals surface area (Å²) in [6, 6.07) is 6.89. The minimum absolute atomic E-state index is 0.265. The number of aromatic amines is 1. The first-order valence-corrected chi connectivity index (χ1v) is 6.83. The largest absolute Gasteiger partial charge is 0.364 e. The topological polar surface area (TPSA) is 58.9 Å². The summed E-state index contributed by atoms with van der Waals surface area (Å²) in [7, 11) is 0. The Bertz CT molecular complexity index is 918. The monoisotopic (exact) mass is 320 g/mol. The lowest BCUT2D eigenvalue weighted by atomic mass is 10.0. The number of amides is 1. The summed E-state index contributed by atoms with van der Waals surface area (Å²) in [5.41, 5.74) is 7.88. The highest BCUT2D eigenvalue weighted by atomic mass is 35.5. The van der Waals surface area contributed by atoms with Gasteiger partial charge in [-0.1, -0.05) is 17.7 Å². The zero-order valence-corrected chi connectivity index (χ0v) is 12.3. The second kappa shape index (κ2) is 5.10. The number of carbonyl (C=O) groups is 1. The van der Waals surface area contributed by atoms with Gasteiger partial charge in [0, 0.05) is 16.0 Å². The molecule has 0 saturated carbocycles. The summed E-state index contributed by atoms with van der Waals surface area (Å²) in [6.07, 6.45) is 0. The Balaban J connectivity index is 2.35. The molecule has 0 unspecified atom stereocenters. The van der Waals surface area contributed by atoms with Crippen molar-refractivity contribution >= 4 is 28.4 Å². The molecule has 0 saturated heterocycles. The van der Waals surface area contributed by atoms with E-state index in [1.807, 2.05) is 0 Å². The van der Waals surface area contributed by atoms with Gasteiger partial charge in [0.1, 0.15) is 5.69 Å². The number of benzene rings is 2. The van der Waals surface area contributed by atoms with Crippen molar-refractivity contribution in [3.8, 4) is 11.1 Å². The Morgan fingerprint density at radius 2 is 1.91 bits per heavy atom. The van der Waals surface area contributed by atoms with Crippen molar-refractivity contribution in [1.82, 2.24) is 4.98 Å². The lowest BCUT2D eigenvalue weighted by molar-refractivity contribution is 0.0996. The van der Waals surface area contributed by atoms with E-state index in [0.29, 0.717) is 32.6 Å². The molecule has 3 aromatic rings. The van der Waals surface area contributed by atoms with Crippen molar-refractivity contribution in [3.63, 3.8) is 0 Å². The zero-order valence-electron chi connectivity index (χ0n) is 11.5. The smallest absolute Gasteiger partial charge is 0.265 e. The fourth-order valence-corrected chi connectivity index (χ4v) is 2.75. The van der Waals surface area contributed by atoms with Crippen LogP contribution in [0.5, 0.6) is 0 Å². The molecule has 3 N–H and O–H groups in total. The molecule has 0 aliphatic carbocycles. The van der Waals surface area contributed by atoms with Crippen LogP contribution < -0.4 is 5.73 Å². The molecule has 0 spiro atoms. The molecular weight excluding hydrogens is 310 g/mol. The van der Waals surface area contributed by atoms with Gasteiger partial charge >= 0.3 is 0 Å². The van der Waals surface area contributed by atoms with Crippen LogP contribution in [0.25, 0.3) is 22.0 Å². The highest BCUT2D eigenvalue weighted by Crippen LogP contribution is 2.34. The molecule has 0 radical (unpaired) electrons. The minimum atomic E-state index is -0.955. The van der Waals surface area contributed by atoms with Gasteiger partial charge in [0.25, 0.3) is 5.91 Å². The number of carbonyl (C=O) groups excluding carboxylic acids is 1. The molecule has 22 heavy (non-hydrogen) atoms. The van der Waals surface area contributed by atoms with E-state index in [0.717, 1.165) is 12.1 Å². The Morgan fingerprint density at radius 3 is 2.55 bits per heavy atom. The zero-order chi connectivity index (χ0) is 16.0. The Hall–Kier alpha value is -2.40. The van der Waals surface area contributed by atoms with Gasteiger partial charge in [0.2, 0.25) is 0 Å². The molecule has 1 amide bonds. The number of H-pyrrole nitrogens is 1. The summed E-state index contributed by atoms with van der Waals surface area (Å²) in [6.45, 7) is 1.74. The number of aryl methyl sites for hydroxylation is 1. The number of hydrogen-bond acceptors (Lipinski definition) is 1. The average molecular weight is 321 g/mol. The normalized spacial score (nSPS) is 11.1. The van der Waals surface area contributed by atoms with Crippen molar-refractivity contribution in [1.29, 1.82) is 0 Å². The number of hydrogen-bond donors (Lipinski definition) is 2. The van der Waals surface area contributed by atoms with E-state index < -0.39 is 17.5 Å². The van der Waals surface area contributed by atoms with Gasteiger partial charge < -0.3 is 10.7 Å². The molecule has 6 heteroatoms. The summed E-state index contributed by atoms with van der Waals surface area (Å²) in [5, 5.41) is 1.13. The number of fused-ring (bicyclic) bond motifs is 1. The fourth-order valence-electron chi connectivity index (χ4n) is 2.53. The highest BCUT2D eigenvalue weighted by molar-refractivity contribution is 6.32. The van der Waals surface area contributed by atoms with Crippen molar-refractivity contribution in [2.75, 3.05) is 0 Å². The predicted octanol–water partition coefficient (Wildman–Crippen LogP) is 4.17. The van der Waals surface area contributed by atoms with Gasteiger partial charge in [0.05, 0.1) is 5.52 Å². The second-order valence-corrected chi connectivity index (χ2v) is 5.43. The highest BCUT2D eigenvalue weighted by Gasteiger charge is 2.17. The number of nitrogens with one attached hydrogen (secondary N) is 1. The van der Waals surface area contributed by atoms with Crippen LogP contribution in [-0.2, 0) is 0 Å². The van der Waals surface area contributed by atoms with Gasteiger partial charge in [0.15, 0.2) is 11.6 Å². The van der Waals surface area contributed by atoms with Crippen LogP contribution in [0, 0.1) is 18.6 Å². The predicted molar refractivity (Wildman–Crippen MR) is 81.9 cm³/mol. The lowest BCUT2D eigenvalue weighted by Crippen LogP contribution is -2.12. The molecule has 1 heterocycles. The van der Waals surface area contributed by atoms with Gasteiger partial charge in [-0.3, -0.25) is 4.79 Å². The van der Waals surface area contributed by atoms with Crippen molar-refractivity contribution in [2.24, 2.45) is 5.73 Å². The summed E-state index contributed by atoms with van der Waals surface area (Å²) in [4.78, 5) is 14.4. The Kier molecular flexibility index (Phi) is 3.37. The molecule has 3 rings (SSSR count). The summed E-state index contributed by atoms with van der Waals surface area (Å²) in [5.74, 6) is -2.48. The van der Waals surface area contributed by atoms with E-state index >= 15 is 0 Å². The summed E-state index contributed by atoms with van der Waals surface area (Å²) >= 11 is 6.11. The number of aromatic nitrogens is 1. The maximum Gasteiger partial charge on any atom is 0.265 e. The third kappa shape index (κ3) is 2.23. The van der Waals surface area contributed by atoms with E-state index in [1.165, 1.54) is 6.07 Å². The fraction of sp³-hybridized carbons (Fsp3) is 0.0625. The maximum atomic E-state index is 13.5.